The number of amides is 2. The van der Waals surface area contributed by atoms with Crippen molar-refractivity contribution in [2.75, 3.05) is 6.54 Å². The van der Waals surface area contributed by atoms with E-state index in [1.165, 1.54) is 26.0 Å². The van der Waals surface area contributed by atoms with Crippen LogP contribution in [0, 0.1) is 0 Å². The fraction of sp³-hybridized carbons (Fsp3) is 0.316. The Balaban J connectivity index is 2.13. The van der Waals surface area contributed by atoms with E-state index < -0.39 is 64.7 Å². The molecular weight excluding hydrogens is 437 g/mol. The zero-order valence-corrected chi connectivity index (χ0v) is 16.8. The lowest BCUT2D eigenvalue weighted by atomic mass is 9.93. The second-order valence-electron chi connectivity index (χ2n) is 7.19. The van der Waals surface area contributed by atoms with Crippen molar-refractivity contribution in [3.8, 4) is 0 Å². The fourth-order valence-corrected chi connectivity index (χ4v) is 2.53. The largest absolute Gasteiger partial charge is 0.479 e. The van der Waals surface area contributed by atoms with Crippen molar-refractivity contribution < 1.29 is 37.8 Å². The number of rotatable bonds is 7. The lowest BCUT2D eigenvalue weighted by Gasteiger charge is -2.27. The van der Waals surface area contributed by atoms with Crippen molar-refractivity contribution in [1.82, 2.24) is 20.6 Å². The van der Waals surface area contributed by atoms with Crippen LogP contribution in [-0.4, -0.2) is 50.6 Å². The molecule has 0 bridgehead atoms. The molecule has 2 amide bonds. The number of hydrogen-bond donors (Lipinski definition) is 5. The number of aliphatic hydroxyl groups excluding tert-OH is 1. The number of halogens is 3. The van der Waals surface area contributed by atoms with Gasteiger partial charge in [-0.25, -0.2) is 9.78 Å². The van der Waals surface area contributed by atoms with Gasteiger partial charge in [0.05, 0.1) is 17.6 Å². The SMILES string of the molecule is CC(C)(NC(=O)c1cnc(C(=O)NC[C@H](O)C(=O)O)[nH]c1=O)c1ccc(C(F)(F)F)cc1. The minimum absolute atomic E-state index is 0.344. The molecule has 172 valence electrons. The van der Waals surface area contributed by atoms with E-state index in [2.05, 4.69) is 15.3 Å². The van der Waals surface area contributed by atoms with E-state index in [9.17, 15) is 32.3 Å². The molecule has 0 spiro atoms. The third kappa shape index (κ3) is 5.91. The normalized spacial score (nSPS) is 12.7. The van der Waals surface area contributed by atoms with Gasteiger partial charge in [0.15, 0.2) is 11.9 Å². The van der Waals surface area contributed by atoms with Gasteiger partial charge in [-0.1, -0.05) is 12.1 Å². The number of alkyl halides is 3. The predicted octanol–water partition coefficient (Wildman–Crippen LogP) is 0.629. The highest BCUT2D eigenvalue weighted by Crippen LogP contribution is 2.30. The van der Waals surface area contributed by atoms with Crippen LogP contribution < -0.4 is 16.2 Å². The molecule has 2 aromatic rings. The number of carboxylic acids is 1. The molecule has 32 heavy (non-hydrogen) atoms. The number of nitrogens with one attached hydrogen (secondary N) is 3. The van der Waals surface area contributed by atoms with Gasteiger partial charge in [0, 0.05) is 6.20 Å². The number of carboxylic acid groups (broad SMARTS) is 1. The molecule has 0 aliphatic rings. The van der Waals surface area contributed by atoms with Crippen LogP contribution in [0.4, 0.5) is 13.2 Å². The van der Waals surface area contributed by atoms with Crippen LogP contribution in [0.5, 0.6) is 0 Å². The standard InChI is InChI=1S/C19H19F3N4O6/c1-18(2,9-3-5-10(6-4-9)19(20,21)22)26-15(29)11-7-23-13(25-14(11)28)16(30)24-8-12(27)17(31)32/h3-7,12,27H,8H2,1-2H3,(H,24,30)(H,26,29)(H,31,32)(H,23,25,28)/t12-/m0/s1. The molecule has 1 atom stereocenters. The van der Waals surface area contributed by atoms with E-state index in [-0.39, 0.29) is 0 Å². The van der Waals surface area contributed by atoms with Crippen LogP contribution in [0.15, 0.2) is 35.3 Å². The Bertz CT molecular complexity index is 1080. The zero-order chi connectivity index (χ0) is 24.3. The molecule has 10 nitrogen and oxygen atoms in total. The second kappa shape index (κ2) is 9.18. The maximum Gasteiger partial charge on any atom is 0.416 e. The van der Waals surface area contributed by atoms with Crippen molar-refractivity contribution in [1.29, 1.82) is 0 Å². The Hall–Kier alpha value is -3.74. The number of carbonyl (C=O) groups is 3. The summed E-state index contributed by atoms with van der Waals surface area (Å²) in [6.45, 7) is 2.40. The molecule has 13 heteroatoms. The highest BCUT2D eigenvalue weighted by molar-refractivity contribution is 5.95. The molecule has 1 aromatic carbocycles. The maximum absolute atomic E-state index is 12.7. The lowest BCUT2D eigenvalue weighted by molar-refractivity contribution is -0.146. The summed E-state index contributed by atoms with van der Waals surface area (Å²) < 4.78 is 38.2. The summed E-state index contributed by atoms with van der Waals surface area (Å²) >= 11 is 0. The van der Waals surface area contributed by atoms with Gasteiger partial charge in [0.1, 0.15) is 5.56 Å². The molecule has 0 radical (unpaired) electrons. The second-order valence-corrected chi connectivity index (χ2v) is 7.19. The van der Waals surface area contributed by atoms with E-state index in [1.807, 2.05) is 5.32 Å². The van der Waals surface area contributed by atoms with Crippen molar-refractivity contribution in [3.05, 3.63) is 63.3 Å². The molecule has 0 aliphatic heterocycles. The number of aromatic nitrogens is 2. The molecular formula is C19H19F3N4O6. The Morgan fingerprint density at radius 2 is 1.66 bits per heavy atom. The van der Waals surface area contributed by atoms with Gasteiger partial charge in [0.25, 0.3) is 17.4 Å². The molecule has 0 aliphatic carbocycles. The van der Waals surface area contributed by atoms with Crippen LogP contribution in [0.3, 0.4) is 0 Å². The minimum atomic E-state index is -4.51. The first kappa shape index (κ1) is 24.5. The van der Waals surface area contributed by atoms with E-state index in [1.54, 1.807) is 0 Å². The van der Waals surface area contributed by atoms with E-state index in [0.717, 1.165) is 18.3 Å². The Kier molecular flexibility index (Phi) is 7.03. The third-order valence-corrected chi connectivity index (χ3v) is 4.36. The van der Waals surface area contributed by atoms with E-state index in [4.69, 9.17) is 10.2 Å². The monoisotopic (exact) mass is 456 g/mol. The van der Waals surface area contributed by atoms with E-state index in [0.29, 0.717) is 5.56 Å². The summed E-state index contributed by atoms with van der Waals surface area (Å²) in [6, 6.07) is 4.13. The van der Waals surface area contributed by atoms with Crippen molar-refractivity contribution in [2.45, 2.75) is 31.7 Å². The number of H-pyrrole nitrogens is 1. The van der Waals surface area contributed by atoms with Crippen LogP contribution >= 0.6 is 0 Å². The number of aromatic amines is 1. The fourth-order valence-electron chi connectivity index (χ4n) is 2.53. The Morgan fingerprint density at radius 1 is 1.09 bits per heavy atom. The number of hydrogen-bond acceptors (Lipinski definition) is 6. The Labute approximate surface area is 178 Å². The number of nitrogens with zero attached hydrogens (tertiary/aromatic N) is 1. The highest BCUT2D eigenvalue weighted by atomic mass is 19.4. The van der Waals surface area contributed by atoms with Crippen LogP contribution in [0.2, 0.25) is 0 Å². The lowest BCUT2D eigenvalue weighted by Crippen LogP contribution is -2.43. The average Bonchev–Trinajstić information content (AvgIpc) is 2.70. The summed E-state index contributed by atoms with van der Waals surface area (Å²) in [6.07, 6.45) is -5.55. The molecule has 0 saturated heterocycles. The van der Waals surface area contributed by atoms with Gasteiger partial charge in [-0.05, 0) is 31.5 Å². The highest BCUT2D eigenvalue weighted by Gasteiger charge is 2.31. The summed E-state index contributed by atoms with van der Waals surface area (Å²) in [5.41, 5.74) is -3.11. The Morgan fingerprint density at radius 3 is 2.16 bits per heavy atom. The quantitative estimate of drug-likeness (QED) is 0.408. The van der Waals surface area contributed by atoms with Gasteiger partial charge in [-0.15, -0.1) is 0 Å². The maximum atomic E-state index is 12.7. The summed E-state index contributed by atoms with van der Waals surface area (Å²) in [5, 5.41) is 22.3. The first-order valence-corrected chi connectivity index (χ1v) is 9.01. The first-order valence-electron chi connectivity index (χ1n) is 9.01. The van der Waals surface area contributed by atoms with Crippen LogP contribution in [-0.2, 0) is 16.5 Å². The molecule has 0 unspecified atom stereocenters. The summed E-state index contributed by atoms with van der Waals surface area (Å²) in [5.74, 6) is -3.96. The first-order chi connectivity index (χ1) is 14.7. The molecule has 5 N–H and O–H groups in total. The zero-order valence-electron chi connectivity index (χ0n) is 16.8. The minimum Gasteiger partial charge on any atom is -0.479 e. The third-order valence-electron chi connectivity index (χ3n) is 4.36. The predicted molar refractivity (Wildman–Crippen MR) is 103 cm³/mol. The van der Waals surface area contributed by atoms with Crippen molar-refractivity contribution in [3.63, 3.8) is 0 Å². The van der Waals surface area contributed by atoms with E-state index >= 15 is 0 Å². The number of aliphatic hydroxyl groups is 1. The van der Waals surface area contributed by atoms with Crippen LogP contribution in [0.25, 0.3) is 0 Å². The van der Waals surface area contributed by atoms with Crippen molar-refractivity contribution in [2.24, 2.45) is 0 Å². The molecule has 2 rings (SSSR count). The molecule has 1 heterocycles. The van der Waals surface area contributed by atoms with Gasteiger partial charge in [0.2, 0.25) is 0 Å². The number of benzene rings is 1. The van der Waals surface area contributed by atoms with Gasteiger partial charge in [-0.3, -0.25) is 14.4 Å². The van der Waals surface area contributed by atoms with Gasteiger partial charge in [-0.2, -0.15) is 13.2 Å². The topological polar surface area (TPSA) is 161 Å². The number of aliphatic carboxylic acids is 1. The molecule has 0 saturated carbocycles. The van der Waals surface area contributed by atoms with Crippen molar-refractivity contribution >= 4 is 17.8 Å². The van der Waals surface area contributed by atoms with Gasteiger partial charge >= 0.3 is 12.1 Å². The number of carbonyl (C=O) groups excluding carboxylic acids is 2. The molecule has 1 aromatic heterocycles. The summed E-state index contributed by atoms with van der Waals surface area (Å²) in [7, 11) is 0. The van der Waals surface area contributed by atoms with Gasteiger partial charge < -0.3 is 25.8 Å². The average molecular weight is 456 g/mol. The smallest absolute Gasteiger partial charge is 0.416 e. The van der Waals surface area contributed by atoms with Crippen LogP contribution in [0.1, 0.15) is 46.0 Å². The molecule has 0 fully saturated rings. The summed E-state index contributed by atoms with van der Waals surface area (Å²) in [4.78, 5) is 52.8.